The van der Waals surface area contributed by atoms with Crippen molar-refractivity contribution in [3.63, 3.8) is 0 Å². The Bertz CT molecular complexity index is 552. The highest BCUT2D eigenvalue weighted by molar-refractivity contribution is 5.22. The van der Waals surface area contributed by atoms with Gasteiger partial charge in [-0.25, -0.2) is 0 Å². The summed E-state index contributed by atoms with van der Waals surface area (Å²) in [6.07, 6.45) is 5.99. The Morgan fingerprint density at radius 2 is 2.00 bits per heavy atom. The van der Waals surface area contributed by atoms with Gasteiger partial charge in [0.05, 0.1) is 0 Å². The summed E-state index contributed by atoms with van der Waals surface area (Å²) in [5.74, 6) is 2.07. The van der Waals surface area contributed by atoms with Crippen LogP contribution in [-0.4, -0.2) is 22.7 Å². The molecule has 0 amide bonds. The number of hydrogen-bond donors (Lipinski definition) is 1. The largest absolute Gasteiger partial charge is 0.339 e. The highest BCUT2D eigenvalue weighted by Crippen LogP contribution is 2.32. The fourth-order valence-electron chi connectivity index (χ4n) is 3.28. The first kappa shape index (κ1) is 14.3. The molecule has 2 unspecified atom stereocenters. The molecule has 21 heavy (non-hydrogen) atoms. The summed E-state index contributed by atoms with van der Waals surface area (Å²) >= 11 is 0. The van der Waals surface area contributed by atoms with Crippen molar-refractivity contribution in [3.8, 4) is 0 Å². The van der Waals surface area contributed by atoms with Gasteiger partial charge in [0, 0.05) is 19.0 Å². The fourth-order valence-corrected chi connectivity index (χ4v) is 3.28. The zero-order chi connectivity index (χ0) is 14.5. The van der Waals surface area contributed by atoms with Gasteiger partial charge in [-0.1, -0.05) is 48.3 Å². The van der Waals surface area contributed by atoms with E-state index in [2.05, 4.69) is 45.8 Å². The molecule has 0 spiro atoms. The summed E-state index contributed by atoms with van der Waals surface area (Å²) in [7, 11) is 0. The summed E-state index contributed by atoms with van der Waals surface area (Å²) in [5.41, 5.74) is 1.46. The van der Waals surface area contributed by atoms with Crippen molar-refractivity contribution in [3.05, 3.63) is 47.6 Å². The zero-order valence-electron chi connectivity index (χ0n) is 12.6. The van der Waals surface area contributed by atoms with Crippen molar-refractivity contribution in [2.24, 2.45) is 0 Å². The summed E-state index contributed by atoms with van der Waals surface area (Å²) in [6.45, 7) is 2.75. The average Bonchev–Trinajstić information content (AvgIpc) is 2.94. The second-order valence-electron chi connectivity index (χ2n) is 5.85. The van der Waals surface area contributed by atoms with Crippen molar-refractivity contribution in [1.29, 1.82) is 0 Å². The molecule has 1 N–H and O–H groups in total. The van der Waals surface area contributed by atoms with Gasteiger partial charge < -0.3 is 9.84 Å². The molecule has 1 heterocycles. The van der Waals surface area contributed by atoms with Gasteiger partial charge in [-0.2, -0.15) is 4.98 Å². The van der Waals surface area contributed by atoms with E-state index in [1.165, 1.54) is 31.2 Å². The van der Waals surface area contributed by atoms with Crippen LogP contribution in [0.25, 0.3) is 0 Å². The number of nitrogens with zero attached hydrogens (tertiary/aromatic N) is 2. The van der Waals surface area contributed by atoms with Gasteiger partial charge in [0.1, 0.15) is 0 Å². The van der Waals surface area contributed by atoms with E-state index in [-0.39, 0.29) is 0 Å². The van der Waals surface area contributed by atoms with Gasteiger partial charge in [-0.15, -0.1) is 0 Å². The van der Waals surface area contributed by atoms with E-state index >= 15 is 0 Å². The van der Waals surface area contributed by atoms with E-state index in [0.717, 1.165) is 18.9 Å². The van der Waals surface area contributed by atoms with E-state index in [9.17, 15) is 0 Å². The molecule has 2 aromatic rings. The molecule has 112 valence electrons. The highest BCUT2D eigenvalue weighted by Gasteiger charge is 2.25. The maximum absolute atomic E-state index is 5.16. The maximum atomic E-state index is 5.16. The molecule has 2 atom stereocenters. The van der Waals surface area contributed by atoms with Gasteiger partial charge in [0.2, 0.25) is 5.89 Å². The number of nitrogens with one attached hydrogen (secondary N) is 1. The van der Waals surface area contributed by atoms with Crippen molar-refractivity contribution in [1.82, 2.24) is 15.5 Å². The van der Waals surface area contributed by atoms with Crippen LogP contribution in [-0.2, 0) is 6.42 Å². The Morgan fingerprint density at radius 3 is 2.76 bits per heavy atom. The number of rotatable bonds is 5. The fraction of sp³-hybridized carbons (Fsp3) is 0.529. The quantitative estimate of drug-likeness (QED) is 0.916. The van der Waals surface area contributed by atoms with Crippen molar-refractivity contribution in [2.75, 3.05) is 6.54 Å². The van der Waals surface area contributed by atoms with Crippen molar-refractivity contribution in [2.45, 2.75) is 51.0 Å². The molecule has 1 aromatic heterocycles. The molecular formula is C17H23N3O. The standard InChI is InChI=1S/C17H23N3O/c1-13-19-17(21-20-13)11-12-18-16-10-6-5-9-15(16)14-7-3-2-4-8-14/h2-4,7-8,15-16,18H,5-6,9-12H2,1H3. The smallest absolute Gasteiger partial charge is 0.227 e. The van der Waals surface area contributed by atoms with E-state index < -0.39 is 0 Å². The van der Waals surface area contributed by atoms with Crippen LogP contribution < -0.4 is 5.32 Å². The summed E-state index contributed by atoms with van der Waals surface area (Å²) in [6, 6.07) is 11.4. The predicted molar refractivity (Wildman–Crippen MR) is 82.2 cm³/mol. The Balaban J connectivity index is 1.57. The third-order valence-corrected chi connectivity index (χ3v) is 4.31. The molecule has 1 aromatic carbocycles. The lowest BCUT2D eigenvalue weighted by atomic mass is 9.80. The molecule has 0 bridgehead atoms. The van der Waals surface area contributed by atoms with E-state index in [4.69, 9.17) is 4.52 Å². The van der Waals surface area contributed by atoms with E-state index in [0.29, 0.717) is 17.8 Å². The summed E-state index contributed by atoms with van der Waals surface area (Å²) < 4.78 is 5.16. The third-order valence-electron chi connectivity index (χ3n) is 4.31. The topological polar surface area (TPSA) is 51.0 Å². The number of benzene rings is 1. The maximum Gasteiger partial charge on any atom is 0.227 e. The van der Waals surface area contributed by atoms with Crippen LogP contribution in [0.2, 0.25) is 0 Å². The van der Waals surface area contributed by atoms with Crippen LogP contribution in [0.3, 0.4) is 0 Å². The van der Waals surface area contributed by atoms with Gasteiger partial charge in [-0.3, -0.25) is 0 Å². The lowest BCUT2D eigenvalue weighted by Gasteiger charge is -2.32. The Kier molecular flexibility index (Phi) is 4.65. The lowest BCUT2D eigenvalue weighted by molar-refractivity contribution is 0.319. The van der Waals surface area contributed by atoms with Crippen LogP contribution in [0.5, 0.6) is 0 Å². The molecule has 0 saturated heterocycles. The summed E-state index contributed by atoms with van der Waals surface area (Å²) in [4.78, 5) is 4.25. The normalized spacial score (nSPS) is 22.3. The lowest BCUT2D eigenvalue weighted by Crippen LogP contribution is -2.38. The minimum Gasteiger partial charge on any atom is -0.339 e. The van der Waals surface area contributed by atoms with Crippen molar-refractivity contribution < 1.29 is 4.52 Å². The molecule has 0 aliphatic heterocycles. The molecular weight excluding hydrogens is 262 g/mol. The van der Waals surface area contributed by atoms with E-state index in [1.807, 2.05) is 6.92 Å². The molecule has 1 saturated carbocycles. The summed E-state index contributed by atoms with van der Waals surface area (Å²) in [5, 5.41) is 7.53. The second kappa shape index (κ2) is 6.85. The van der Waals surface area contributed by atoms with E-state index in [1.54, 1.807) is 0 Å². The first-order chi connectivity index (χ1) is 10.3. The number of hydrogen-bond acceptors (Lipinski definition) is 4. The molecule has 1 fully saturated rings. The molecule has 4 nitrogen and oxygen atoms in total. The van der Waals surface area contributed by atoms with Gasteiger partial charge >= 0.3 is 0 Å². The molecule has 1 aliphatic rings. The monoisotopic (exact) mass is 285 g/mol. The van der Waals surface area contributed by atoms with Crippen LogP contribution in [0, 0.1) is 6.92 Å². The molecule has 3 rings (SSSR count). The highest BCUT2D eigenvalue weighted by atomic mass is 16.5. The minimum atomic E-state index is 0.560. The minimum absolute atomic E-state index is 0.560. The zero-order valence-corrected chi connectivity index (χ0v) is 12.6. The second-order valence-corrected chi connectivity index (χ2v) is 5.85. The number of aromatic nitrogens is 2. The van der Waals surface area contributed by atoms with Crippen LogP contribution in [0.4, 0.5) is 0 Å². The predicted octanol–water partition coefficient (Wildman–Crippen LogP) is 3.24. The Hall–Kier alpha value is -1.68. The van der Waals surface area contributed by atoms with Gasteiger partial charge in [-0.05, 0) is 31.2 Å². The average molecular weight is 285 g/mol. The Morgan fingerprint density at radius 1 is 1.19 bits per heavy atom. The van der Waals surface area contributed by atoms with Gasteiger partial charge in [0.25, 0.3) is 0 Å². The molecule has 4 heteroatoms. The first-order valence-electron chi connectivity index (χ1n) is 7.90. The molecule has 0 radical (unpaired) electrons. The third kappa shape index (κ3) is 3.70. The van der Waals surface area contributed by atoms with Crippen molar-refractivity contribution >= 4 is 0 Å². The SMILES string of the molecule is Cc1noc(CCNC2CCCCC2c2ccccc2)n1. The first-order valence-corrected chi connectivity index (χ1v) is 7.90. The van der Waals surface area contributed by atoms with Gasteiger partial charge in [0.15, 0.2) is 5.82 Å². The number of aryl methyl sites for hydroxylation is 1. The van der Waals surface area contributed by atoms with Crippen LogP contribution in [0.1, 0.15) is 48.9 Å². The van der Waals surface area contributed by atoms with Crippen LogP contribution in [0.15, 0.2) is 34.9 Å². The molecule has 1 aliphatic carbocycles. The van der Waals surface area contributed by atoms with Crippen LogP contribution >= 0.6 is 0 Å². The Labute approximate surface area is 126 Å².